The molecule has 8 heteroatoms. The van der Waals surface area contributed by atoms with Crippen LogP contribution in [0.3, 0.4) is 0 Å². The fourth-order valence-corrected chi connectivity index (χ4v) is 5.89. The average Bonchev–Trinajstić information content (AvgIpc) is 3.75. The van der Waals surface area contributed by atoms with Crippen LogP contribution in [0.2, 0.25) is 0 Å². The second kappa shape index (κ2) is 12.4. The van der Waals surface area contributed by atoms with Gasteiger partial charge in [-0.1, -0.05) is 13.8 Å². The molecular weight excluding hydrogens is 471 g/mol. The summed E-state index contributed by atoms with van der Waals surface area (Å²) in [5, 5.41) is 3.16. The minimum Gasteiger partial charge on any atom is -0.354 e. The zero-order valence-electron chi connectivity index (χ0n) is 22.3. The van der Waals surface area contributed by atoms with Gasteiger partial charge in [0, 0.05) is 37.2 Å². The summed E-state index contributed by atoms with van der Waals surface area (Å²) >= 11 is 0. The fraction of sp³-hybridized carbons (Fsp3) is 0.690. The third kappa shape index (κ3) is 7.09. The fourth-order valence-electron chi connectivity index (χ4n) is 5.89. The molecule has 3 N–H and O–H groups in total. The van der Waals surface area contributed by atoms with Crippen LogP contribution in [0.5, 0.6) is 0 Å². The highest BCUT2D eigenvalue weighted by molar-refractivity contribution is 5.95. The van der Waals surface area contributed by atoms with E-state index in [9.17, 15) is 18.8 Å². The van der Waals surface area contributed by atoms with Crippen molar-refractivity contribution in [2.45, 2.75) is 77.3 Å². The molecule has 0 aromatic heterocycles. The normalized spacial score (nSPS) is 26.1. The summed E-state index contributed by atoms with van der Waals surface area (Å²) in [6, 6.07) is 4.88. The molecule has 1 aliphatic heterocycles. The van der Waals surface area contributed by atoms with E-state index in [0.717, 1.165) is 45.1 Å². The first-order chi connectivity index (χ1) is 17.8. The molecule has 204 valence electrons. The van der Waals surface area contributed by atoms with Crippen LogP contribution in [0.15, 0.2) is 24.3 Å². The Balaban J connectivity index is 1.47. The first-order valence-electron chi connectivity index (χ1n) is 14.1. The van der Waals surface area contributed by atoms with E-state index in [1.54, 1.807) is 4.90 Å². The number of amides is 3. The van der Waals surface area contributed by atoms with Gasteiger partial charge in [0.25, 0.3) is 5.91 Å². The van der Waals surface area contributed by atoms with E-state index in [-0.39, 0.29) is 41.4 Å². The molecule has 1 saturated heterocycles. The van der Waals surface area contributed by atoms with Crippen molar-refractivity contribution in [2.24, 2.45) is 29.4 Å². The van der Waals surface area contributed by atoms with Crippen molar-refractivity contribution in [1.82, 2.24) is 15.1 Å². The summed E-state index contributed by atoms with van der Waals surface area (Å²) in [6.45, 7) is 6.46. The highest BCUT2D eigenvalue weighted by Crippen LogP contribution is 2.35. The summed E-state index contributed by atoms with van der Waals surface area (Å²) in [7, 11) is 0. The van der Waals surface area contributed by atoms with Gasteiger partial charge in [-0.15, -0.1) is 0 Å². The van der Waals surface area contributed by atoms with Gasteiger partial charge in [0.1, 0.15) is 11.9 Å². The number of piperidine rings is 1. The van der Waals surface area contributed by atoms with Crippen molar-refractivity contribution in [1.29, 1.82) is 0 Å². The number of hydrogen-bond donors (Lipinski definition) is 2. The van der Waals surface area contributed by atoms with Crippen LogP contribution in [-0.4, -0.2) is 65.8 Å². The number of likely N-dealkylation sites (tertiary alicyclic amines) is 1. The molecule has 0 radical (unpaired) electrons. The van der Waals surface area contributed by atoms with Gasteiger partial charge >= 0.3 is 0 Å². The Morgan fingerprint density at radius 2 is 1.68 bits per heavy atom. The van der Waals surface area contributed by atoms with E-state index in [1.165, 1.54) is 24.3 Å². The smallest absolute Gasteiger partial charge is 0.254 e. The van der Waals surface area contributed by atoms with Crippen molar-refractivity contribution < 1.29 is 18.8 Å². The maximum Gasteiger partial charge on any atom is 0.254 e. The SMILES string of the molecule is CC(C)CN(C(=O)c1ccc(F)cc1)C1CCN(C(=O)C2CC2)[C@@H](C(=O)NCC2CCC(CN)CC2)C1. The van der Waals surface area contributed by atoms with Crippen molar-refractivity contribution in [3.63, 3.8) is 0 Å². The van der Waals surface area contributed by atoms with Crippen molar-refractivity contribution >= 4 is 17.7 Å². The molecule has 7 nitrogen and oxygen atoms in total. The van der Waals surface area contributed by atoms with Crippen LogP contribution in [-0.2, 0) is 9.59 Å². The number of rotatable bonds is 9. The van der Waals surface area contributed by atoms with Crippen molar-refractivity contribution in [3.8, 4) is 0 Å². The largest absolute Gasteiger partial charge is 0.354 e. The van der Waals surface area contributed by atoms with Gasteiger partial charge in [-0.3, -0.25) is 14.4 Å². The van der Waals surface area contributed by atoms with Crippen LogP contribution in [0.1, 0.15) is 75.6 Å². The minimum absolute atomic E-state index is 0.0333. The van der Waals surface area contributed by atoms with E-state index >= 15 is 0 Å². The van der Waals surface area contributed by atoms with Gasteiger partial charge < -0.3 is 20.9 Å². The zero-order valence-corrected chi connectivity index (χ0v) is 22.3. The van der Waals surface area contributed by atoms with Gasteiger partial charge in [-0.05, 0) is 99.9 Å². The molecule has 1 unspecified atom stereocenters. The number of nitrogens with zero attached hydrogens (tertiary/aromatic N) is 2. The Labute approximate surface area is 220 Å². The molecule has 2 aliphatic carbocycles. The quantitative estimate of drug-likeness (QED) is 0.527. The Kier molecular flexibility index (Phi) is 9.22. The molecule has 3 fully saturated rings. The molecule has 3 amide bonds. The third-order valence-electron chi connectivity index (χ3n) is 8.31. The van der Waals surface area contributed by atoms with E-state index in [2.05, 4.69) is 19.2 Å². The van der Waals surface area contributed by atoms with E-state index in [1.807, 2.05) is 4.90 Å². The van der Waals surface area contributed by atoms with Crippen LogP contribution >= 0.6 is 0 Å². The van der Waals surface area contributed by atoms with Gasteiger partial charge in [0.05, 0.1) is 0 Å². The standard InChI is InChI=1S/C29H43FN4O3/c1-19(2)18-34(29(37)23-9-11-24(30)12-10-23)25-13-14-33(28(36)22-7-8-22)26(15-25)27(35)32-17-21-5-3-20(16-31)4-6-21/h9-12,19-22,25-26H,3-8,13-18,31H2,1-2H3,(H,32,35)/t20?,21?,25?,26-/m1/s1. The summed E-state index contributed by atoms with van der Waals surface area (Å²) in [5.41, 5.74) is 6.26. The maximum absolute atomic E-state index is 13.5. The number of carbonyl (C=O) groups excluding carboxylic acids is 3. The molecule has 2 saturated carbocycles. The average molecular weight is 515 g/mol. The van der Waals surface area contributed by atoms with Gasteiger partial charge in [-0.2, -0.15) is 0 Å². The second-order valence-electron chi connectivity index (χ2n) is 11.7. The molecule has 0 spiro atoms. The monoisotopic (exact) mass is 514 g/mol. The van der Waals surface area contributed by atoms with Crippen LogP contribution in [0.4, 0.5) is 4.39 Å². The lowest BCUT2D eigenvalue weighted by Gasteiger charge is -2.43. The van der Waals surface area contributed by atoms with Gasteiger partial charge in [-0.25, -0.2) is 4.39 Å². The Hall–Kier alpha value is -2.48. The molecule has 4 rings (SSSR count). The molecule has 1 aromatic carbocycles. The third-order valence-corrected chi connectivity index (χ3v) is 8.31. The zero-order chi connectivity index (χ0) is 26.5. The summed E-state index contributed by atoms with van der Waals surface area (Å²) in [6.07, 6.45) is 7.16. The molecule has 1 aromatic rings. The Morgan fingerprint density at radius 3 is 2.27 bits per heavy atom. The topological polar surface area (TPSA) is 95.7 Å². The van der Waals surface area contributed by atoms with Crippen LogP contribution in [0, 0.1) is 29.5 Å². The lowest BCUT2D eigenvalue weighted by molar-refractivity contribution is -0.144. The van der Waals surface area contributed by atoms with Crippen molar-refractivity contribution in [3.05, 3.63) is 35.6 Å². The van der Waals surface area contributed by atoms with Gasteiger partial charge in [0.2, 0.25) is 11.8 Å². The number of carbonyl (C=O) groups is 3. The first kappa shape index (κ1) is 27.6. The number of nitrogens with two attached hydrogens (primary N) is 1. The predicted octanol–water partition coefficient (Wildman–Crippen LogP) is 3.57. The Bertz CT molecular complexity index is 941. The highest BCUT2D eigenvalue weighted by Gasteiger charge is 2.43. The Morgan fingerprint density at radius 1 is 1.03 bits per heavy atom. The lowest BCUT2D eigenvalue weighted by Crippen LogP contribution is -2.59. The summed E-state index contributed by atoms with van der Waals surface area (Å²) < 4.78 is 13.5. The predicted molar refractivity (Wildman–Crippen MR) is 141 cm³/mol. The molecule has 2 atom stereocenters. The number of benzene rings is 1. The molecule has 37 heavy (non-hydrogen) atoms. The number of hydrogen-bond acceptors (Lipinski definition) is 4. The van der Waals surface area contributed by atoms with Crippen LogP contribution < -0.4 is 11.1 Å². The van der Waals surface area contributed by atoms with E-state index in [0.29, 0.717) is 49.9 Å². The minimum atomic E-state index is -0.581. The molecule has 1 heterocycles. The molecular formula is C29H43FN4O3. The lowest BCUT2D eigenvalue weighted by atomic mass is 9.82. The van der Waals surface area contributed by atoms with Crippen LogP contribution in [0.25, 0.3) is 0 Å². The second-order valence-corrected chi connectivity index (χ2v) is 11.7. The van der Waals surface area contributed by atoms with Crippen molar-refractivity contribution in [2.75, 3.05) is 26.2 Å². The highest BCUT2D eigenvalue weighted by atomic mass is 19.1. The maximum atomic E-state index is 13.5. The molecule has 0 bridgehead atoms. The summed E-state index contributed by atoms with van der Waals surface area (Å²) in [5.74, 6) is 0.709. The van der Waals surface area contributed by atoms with E-state index < -0.39 is 6.04 Å². The van der Waals surface area contributed by atoms with Gasteiger partial charge in [0.15, 0.2) is 0 Å². The molecule has 3 aliphatic rings. The van der Waals surface area contributed by atoms with E-state index in [4.69, 9.17) is 5.73 Å². The number of halogens is 1. The number of nitrogens with one attached hydrogen (secondary N) is 1. The first-order valence-corrected chi connectivity index (χ1v) is 14.1. The summed E-state index contributed by atoms with van der Waals surface area (Å²) in [4.78, 5) is 43.7.